The highest BCUT2D eigenvalue weighted by atomic mass is 35.5. The average molecular weight is 259 g/mol. The highest BCUT2D eigenvalue weighted by Crippen LogP contribution is 2.26. The Hall–Kier alpha value is -1.60. The van der Waals surface area contributed by atoms with Gasteiger partial charge >= 0.3 is 0 Å². The number of aryl methyl sites for hydroxylation is 1. The molecule has 0 aliphatic carbocycles. The third-order valence-electron chi connectivity index (χ3n) is 3.17. The van der Waals surface area contributed by atoms with Crippen molar-refractivity contribution >= 4 is 17.9 Å². The summed E-state index contributed by atoms with van der Waals surface area (Å²) in [6.45, 7) is 2.06. The first kappa shape index (κ1) is 12.8. The van der Waals surface area contributed by atoms with Gasteiger partial charge < -0.3 is 4.79 Å². The van der Waals surface area contributed by atoms with Crippen LogP contribution in [0.15, 0.2) is 48.5 Å². The van der Waals surface area contributed by atoms with Gasteiger partial charge in [0, 0.05) is 10.9 Å². The van der Waals surface area contributed by atoms with E-state index >= 15 is 0 Å². The van der Waals surface area contributed by atoms with Crippen LogP contribution in [0.25, 0.3) is 0 Å². The summed E-state index contributed by atoms with van der Waals surface area (Å²) in [4.78, 5) is 11.3. The molecule has 0 spiro atoms. The topological polar surface area (TPSA) is 17.1 Å². The van der Waals surface area contributed by atoms with Crippen molar-refractivity contribution in [1.29, 1.82) is 0 Å². The maximum absolute atomic E-state index is 11.3. The first-order chi connectivity index (χ1) is 8.72. The lowest BCUT2D eigenvalue weighted by atomic mass is 9.91. The Morgan fingerprint density at radius 2 is 1.78 bits per heavy atom. The molecule has 0 bridgehead atoms. The standard InChI is InChI=1S/C16H15ClO/c1-12-6-2-3-7-13(12)10-14(11-18)15-8-4-5-9-16(15)17/h2-9,11,14H,10H2,1H3. The Kier molecular flexibility index (Phi) is 4.16. The average Bonchev–Trinajstić information content (AvgIpc) is 2.39. The minimum absolute atomic E-state index is 0.181. The zero-order valence-electron chi connectivity index (χ0n) is 10.3. The van der Waals surface area contributed by atoms with Crippen molar-refractivity contribution in [2.75, 3.05) is 0 Å². The van der Waals surface area contributed by atoms with Crippen LogP contribution in [-0.2, 0) is 11.2 Å². The zero-order valence-corrected chi connectivity index (χ0v) is 11.0. The molecule has 0 heterocycles. The first-order valence-corrected chi connectivity index (χ1v) is 6.34. The van der Waals surface area contributed by atoms with Crippen molar-refractivity contribution in [3.63, 3.8) is 0 Å². The van der Waals surface area contributed by atoms with Crippen molar-refractivity contribution in [2.45, 2.75) is 19.3 Å². The van der Waals surface area contributed by atoms with E-state index in [0.717, 1.165) is 11.8 Å². The van der Waals surface area contributed by atoms with Gasteiger partial charge in [0.05, 0.1) is 0 Å². The van der Waals surface area contributed by atoms with Gasteiger partial charge in [-0.05, 0) is 36.1 Å². The molecule has 0 aliphatic heterocycles. The Morgan fingerprint density at radius 1 is 1.11 bits per heavy atom. The van der Waals surface area contributed by atoms with Crippen molar-refractivity contribution in [3.8, 4) is 0 Å². The summed E-state index contributed by atoms with van der Waals surface area (Å²) in [7, 11) is 0. The van der Waals surface area contributed by atoms with Crippen LogP contribution in [0.5, 0.6) is 0 Å². The van der Waals surface area contributed by atoms with Gasteiger partial charge in [0.1, 0.15) is 6.29 Å². The first-order valence-electron chi connectivity index (χ1n) is 5.96. The van der Waals surface area contributed by atoms with Crippen LogP contribution in [0.2, 0.25) is 5.02 Å². The highest BCUT2D eigenvalue weighted by molar-refractivity contribution is 6.31. The van der Waals surface area contributed by atoms with Crippen molar-refractivity contribution < 1.29 is 4.79 Å². The molecule has 0 saturated heterocycles. The van der Waals surface area contributed by atoms with E-state index in [-0.39, 0.29) is 5.92 Å². The molecular formula is C16H15ClO. The number of rotatable bonds is 4. The Labute approximate surface area is 112 Å². The molecule has 1 nitrogen and oxygen atoms in total. The fourth-order valence-corrected chi connectivity index (χ4v) is 2.36. The van der Waals surface area contributed by atoms with Gasteiger partial charge in [-0.25, -0.2) is 0 Å². The van der Waals surface area contributed by atoms with E-state index < -0.39 is 0 Å². The molecule has 0 aromatic heterocycles. The molecule has 0 N–H and O–H groups in total. The van der Waals surface area contributed by atoms with Crippen molar-refractivity contribution in [2.24, 2.45) is 0 Å². The lowest BCUT2D eigenvalue weighted by Gasteiger charge is -2.14. The molecule has 0 radical (unpaired) electrons. The van der Waals surface area contributed by atoms with E-state index in [1.54, 1.807) is 0 Å². The smallest absolute Gasteiger partial charge is 0.127 e. The molecule has 0 amide bonds. The summed E-state index contributed by atoms with van der Waals surface area (Å²) in [5.74, 6) is -0.181. The molecular weight excluding hydrogens is 244 g/mol. The second-order valence-electron chi connectivity index (χ2n) is 4.39. The van der Waals surface area contributed by atoms with Crippen LogP contribution in [0.1, 0.15) is 22.6 Å². The van der Waals surface area contributed by atoms with Crippen molar-refractivity contribution in [1.82, 2.24) is 0 Å². The maximum atomic E-state index is 11.3. The number of benzene rings is 2. The third kappa shape index (κ3) is 2.80. The normalized spacial score (nSPS) is 12.1. The Bertz CT molecular complexity index is 548. The number of hydrogen-bond acceptors (Lipinski definition) is 1. The Balaban J connectivity index is 2.29. The summed E-state index contributed by atoms with van der Waals surface area (Å²) in [6.07, 6.45) is 1.67. The van der Waals surface area contributed by atoms with E-state index in [9.17, 15) is 4.79 Å². The molecule has 0 aliphatic rings. The summed E-state index contributed by atoms with van der Waals surface area (Å²) in [5.41, 5.74) is 3.29. The lowest BCUT2D eigenvalue weighted by molar-refractivity contribution is -0.109. The fourth-order valence-electron chi connectivity index (χ4n) is 2.08. The van der Waals surface area contributed by atoms with Gasteiger partial charge in [-0.3, -0.25) is 0 Å². The monoisotopic (exact) mass is 258 g/mol. The van der Waals surface area contributed by atoms with Crippen LogP contribution >= 0.6 is 11.6 Å². The van der Waals surface area contributed by atoms with E-state index in [4.69, 9.17) is 11.6 Å². The quantitative estimate of drug-likeness (QED) is 0.752. The SMILES string of the molecule is Cc1ccccc1CC(C=O)c1ccccc1Cl. The summed E-state index contributed by atoms with van der Waals surface area (Å²) in [5, 5.41) is 0.656. The zero-order chi connectivity index (χ0) is 13.0. The molecule has 2 aromatic rings. The van der Waals surface area contributed by atoms with Crippen molar-refractivity contribution in [3.05, 3.63) is 70.2 Å². The van der Waals surface area contributed by atoms with Crippen LogP contribution in [0, 0.1) is 6.92 Å². The fraction of sp³-hybridized carbons (Fsp3) is 0.188. The van der Waals surface area contributed by atoms with E-state index in [2.05, 4.69) is 19.1 Å². The summed E-state index contributed by atoms with van der Waals surface area (Å²) in [6, 6.07) is 15.6. The highest BCUT2D eigenvalue weighted by Gasteiger charge is 2.15. The van der Waals surface area contributed by atoms with E-state index in [0.29, 0.717) is 11.4 Å². The summed E-state index contributed by atoms with van der Waals surface area (Å²) < 4.78 is 0. The number of hydrogen-bond donors (Lipinski definition) is 0. The molecule has 1 unspecified atom stereocenters. The predicted octanol–water partition coefficient (Wildman–Crippen LogP) is 4.17. The van der Waals surface area contributed by atoms with Crippen LogP contribution in [-0.4, -0.2) is 6.29 Å². The molecule has 18 heavy (non-hydrogen) atoms. The van der Waals surface area contributed by atoms with E-state index in [1.165, 1.54) is 11.1 Å². The lowest BCUT2D eigenvalue weighted by Crippen LogP contribution is -2.06. The minimum atomic E-state index is -0.181. The number of carbonyl (C=O) groups is 1. The van der Waals surface area contributed by atoms with Gasteiger partial charge in [-0.1, -0.05) is 54.1 Å². The molecule has 0 saturated carbocycles. The minimum Gasteiger partial charge on any atom is -0.303 e. The molecule has 0 fully saturated rings. The van der Waals surface area contributed by atoms with Gasteiger partial charge in [-0.2, -0.15) is 0 Å². The second kappa shape index (κ2) is 5.83. The molecule has 92 valence electrons. The van der Waals surface area contributed by atoms with Gasteiger partial charge in [0.15, 0.2) is 0 Å². The number of carbonyl (C=O) groups excluding carboxylic acids is 1. The predicted molar refractivity (Wildman–Crippen MR) is 75.1 cm³/mol. The van der Waals surface area contributed by atoms with Gasteiger partial charge in [0.2, 0.25) is 0 Å². The van der Waals surface area contributed by atoms with Crippen LogP contribution in [0.4, 0.5) is 0 Å². The van der Waals surface area contributed by atoms with Gasteiger partial charge in [-0.15, -0.1) is 0 Å². The maximum Gasteiger partial charge on any atom is 0.127 e. The summed E-state index contributed by atoms with van der Waals surface area (Å²) >= 11 is 6.14. The molecule has 2 aromatic carbocycles. The molecule has 2 rings (SSSR count). The largest absolute Gasteiger partial charge is 0.303 e. The van der Waals surface area contributed by atoms with Crippen LogP contribution < -0.4 is 0 Å². The second-order valence-corrected chi connectivity index (χ2v) is 4.80. The van der Waals surface area contributed by atoms with Gasteiger partial charge in [0.25, 0.3) is 0 Å². The molecule has 2 heteroatoms. The Morgan fingerprint density at radius 3 is 2.44 bits per heavy atom. The van der Waals surface area contributed by atoms with E-state index in [1.807, 2.05) is 36.4 Å². The molecule has 1 atom stereocenters. The third-order valence-corrected chi connectivity index (χ3v) is 3.51. The van der Waals surface area contributed by atoms with Crippen LogP contribution in [0.3, 0.4) is 0 Å². The number of halogens is 1. The number of aldehydes is 1.